The van der Waals surface area contributed by atoms with Crippen molar-refractivity contribution in [2.24, 2.45) is 0 Å². The summed E-state index contributed by atoms with van der Waals surface area (Å²) in [6.45, 7) is -0.641. The number of para-hydroxylation sites is 2. The van der Waals surface area contributed by atoms with E-state index in [-0.39, 0.29) is 20.0 Å². The topological polar surface area (TPSA) is 112 Å². The first-order valence-electron chi connectivity index (χ1n) is 19.7. The lowest BCUT2D eigenvalue weighted by Crippen LogP contribution is -2.09. The summed E-state index contributed by atoms with van der Waals surface area (Å²) >= 11 is 0. The third kappa shape index (κ3) is 8.01. The summed E-state index contributed by atoms with van der Waals surface area (Å²) in [4.78, 5) is 25.9. The van der Waals surface area contributed by atoms with E-state index in [9.17, 15) is 19.8 Å². The fourth-order valence-corrected chi connectivity index (χ4v) is 7.64. The Morgan fingerprint density at radius 3 is 1.30 bits per heavy atom. The highest BCUT2D eigenvalue weighted by Gasteiger charge is 2.26. The van der Waals surface area contributed by atoms with Crippen molar-refractivity contribution in [1.82, 2.24) is 0 Å². The van der Waals surface area contributed by atoms with E-state index in [1.165, 1.54) is 0 Å². The largest absolute Gasteiger partial charge is 0.456 e. The summed E-state index contributed by atoms with van der Waals surface area (Å²) in [5, 5.41) is 24.7. The number of rotatable bonds is 10. The molecular weight excluding hydrogens is 765 g/mol. The van der Waals surface area contributed by atoms with Crippen molar-refractivity contribution in [3.63, 3.8) is 0 Å². The van der Waals surface area contributed by atoms with Crippen LogP contribution in [0.2, 0.25) is 0 Å². The van der Waals surface area contributed by atoms with Gasteiger partial charge >= 0.3 is 11.9 Å². The Morgan fingerprint density at radius 2 is 0.869 bits per heavy atom. The molecule has 0 fully saturated rings. The Balaban J connectivity index is 1.11. The number of fused-ring (bicyclic) bond motifs is 7. The van der Waals surface area contributed by atoms with E-state index in [2.05, 4.69) is 36.4 Å². The molecule has 298 valence electrons. The third-order valence-corrected chi connectivity index (χ3v) is 10.6. The van der Waals surface area contributed by atoms with Gasteiger partial charge in [-0.25, -0.2) is 9.59 Å². The molecule has 0 aliphatic carbocycles. The minimum atomic E-state index is -0.516. The molecule has 61 heavy (non-hydrogen) atoms. The molecule has 2 N–H and O–H groups in total. The molecule has 0 atom stereocenters. The van der Waals surface area contributed by atoms with Crippen LogP contribution in [0.5, 0.6) is 23.0 Å². The Hall–Kier alpha value is -7.78. The Kier molecular flexibility index (Phi) is 10.9. The molecule has 0 radical (unpaired) electrons. The van der Waals surface area contributed by atoms with E-state index in [1.807, 2.05) is 60.7 Å². The summed E-state index contributed by atoms with van der Waals surface area (Å²) in [5.74, 6) is 1.11. The number of aliphatic hydroxyl groups excluding tert-OH is 2. The second-order valence-electron chi connectivity index (χ2n) is 14.4. The summed E-state index contributed by atoms with van der Waals surface area (Å²) < 4.78 is 24.1. The SMILES string of the molecule is O=C(Oc1ccccc1)c1ccc(/C=C/c2cc3ccccc3c3c2OCOc2c(/C=C/c4ccc(C(=O)Oc5ccccc5)cc4CO)cc4ccccc4c2-3)c(CO)c1. The van der Waals surface area contributed by atoms with Crippen molar-refractivity contribution >= 4 is 57.8 Å². The fraction of sp³-hybridized carbons (Fsp3) is 0.0566. The molecule has 1 aliphatic heterocycles. The van der Waals surface area contributed by atoms with Crippen molar-refractivity contribution in [2.75, 3.05) is 6.79 Å². The van der Waals surface area contributed by atoms with Gasteiger partial charge in [0.1, 0.15) is 23.0 Å². The van der Waals surface area contributed by atoms with Crippen LogP contribution >= 0.6 is 0 Å². The molecule has 8 aromatic rings. The van der Waals surface area contributed by atoms with E-state index < -0.39 is 11.9 Å². The highest BCUT2D eigenvalue weighted by Crippen LogP contribution is 2.50. The molecule has 8 aromatic carbocycles. The summed E-state index contributed by atoms with van der Waals surface area (Å²) in [6, 6.07) is 48.4. The van der Waals surface area contributed by atoms with Crippen LogP contribution in [-0.2, 0) is 13.2 Å². The van der Waals surface area contributed by atoms with Gasteiger partial charge in [-0.15, -0.1) is 0 Å². The first-order valence-corrected chi connectivity index (χ1v) is 19.7. The van der Waals surface area contributed by atoms with Gasteiger partial charge < -0.3 is 29.2 Å². The Labute approximate surface area is 351 Å². The molecule has 8 heteroatoms. The summed E-state index contributed by atoms with van der Waals surface area (Å²) in [6.07, 6.45) is 7.71. The lowest BCUT2D eigenvalue weighted by molar-refractivity contribution is 0.0725. The highest BCUT2D eigenvalue weighted by molar-refractivity contribution is 6.12. The minimum absolute atomic E-state index is 0.0708. The minimum Gasteiger partial charge on any atom is -0.456 e. The molecule has 0 amide bonds. The van der Waals surface area contributed by atoms with Crippen LogP contribution in [0.15, 0.2) is 158 Å². The molecule has 0 unspecified atom stereocenters. The molecule has 0 saturated heterocycles. The number of esters is 2. The van der Waals surface area contributed by atoms with Gasteiger partial charge in [0, 0.05) is 22.3 Å². The molecule has 9 rings (SSSR count). The van der Waals surface area contributed by atoms with Crippen LogP contribution in [0.4, 0.5) is 0 Å². The molecule has 0 bridgehead atoms. The van der Waals surface area contributed by atoms with Crippen molar-refractivity contribution in [2.45, 2.75) is 13.2 Å². The van der Waals surface area contributed by atoms with Crippen LogP contribution < -0.4 is 18.9 Å². The van der Waals surface area contributed by atoms with Crippen LogP contribution in [0.25, 0.3) is 57.0 Å². The zero-order chi connectivity index (χ0) is 41.7. The molecule has 8 nitrogen and oxygen atoms in total. The van der Waals surface area contributed by atoms with E-state index in [0.29, 0.717) is 45.3 Å². The molecule has 0 aromatic heterocycles. The van der Waals surface area contributed by atoms with Gasteiger partial charge in [-0.2, -0.15) is 0 Å². The van der Waals surface area contributed by atoms with Crippen LogP contribution in [0.3, 0.4) is 0 Å². The van der Waals surface area contributed by atoms with Crippen molar-refractivity contribution in [1.29, 1.82) is 0 Å². The summed E-state index contributed by atoms with van der Waals surface area (Å²) in [5.41, 5.74) is 6.57. The lowest BCUT2D eigenvalue weighted by Gasteiger charge is -2.17. The molecule has 1 heterocycles. The normalized spacial score (nSPS) is 12.1. The predicted octanol–water partition coefficient (Wildman–Crippen LogP) is 11.2. The van der Waals surface area contributed by atoms with Gasteiger partial charge in [0.05, 0.1) is 24.3 Å². The third-order valence-electron chi connectivity index (χ3n) is 10.6. The zero-order valence-electron chi connectivity index (χ0n) is 32.8. The van der Waals surface area contributed by atoms with Gasteiger partial charge in [-0.1, -0.05) is 121 Å². The van der Waals surface area contributed by atoms with Crippen molar-refractivity contribution in [3.8, 4) is 34.1 Å². The quantitative estimate of drug-likeness (QED) is 0.0799. The standard InChI is InChI=1S/C53H38O8/c54-31-42-29-40(52(56)60-44-13-3-1-4-14-44)25-21-34(42)19-23-38-27-36-11-7-9-17-46(36)48-49-47-18-10-8-12-37(47)28-39(51(49)59-33-58-50(38)48)24-20-35-22-26-41(30-43(35)32-55)53(57)61-45-15-5-2-6-16-45/h1-30,54-55H,31-33H2/b23-19+,24-20+. The first-order chi connectivity index (χ1) is 30.0. The molecule has 0 saturated carbocycles. The van der Waals surface area contributed by atoms with Gasteiger partial charge in [-0.05, 0) is 104 Å². The highest BCUT2D eigenvalue weighted by atomic mass is 16.7. The van der Waals surface area contributed by atoms with E-state index in [4.69, 9.17) is 18.9 Å². The van der Waals surface area contributed by atoms with Crippen LogP contribution in [-0.4, -0.2) is 28.9 Å². The molecule has 0 spiro atoms. The average Bonchev–Trinajstić information content (AvgIpc) is 3.52. The number of carbonyl (C=O) groups excluding carboxylic acids is 2. The lowest BCUT2D eigenvalue weighted by atomic mass is 9.88. The van der Waals surface area contributed by atoms with Crippen LogP contribution in [0, 0.1) is 0 Å². The molecular formula is C53H38O8. The number of ether oxygens (including phenoxy) is 4. The monoisotopic (exact) mass is 802 g/mol. The van der Waals surface area contributed by atoms with Crippen molar-refractivity contribution < 1.29 is 38.7 Å². The maximum Gasteiger partial charge on any atom is 0.343 e. The maximum absolute atomic E-state index is 13.0. The van der Waals surface area contributed by atoms with E-state index in [1.54, 1.807) is 84.9 Å². The molecule has 1 aliphatic rings. The second kappa shape index (κ2) is 17.2. The van der Waals surface area contributed by atoms with Gasteiger partial charge in [0.25, 0.3) is 0 Å². The smallest absolute Gasteiger partial charge is 0.343 e. The van der Waals surface area contributed by atoms with Crippen molar-refractivity contribution in [3.05, 3.63) is 202 Å². The Bertz CT molecular complexity index is 2800. The number of aliphatic hydroxyl groups is 2. The number of carbonyl (C=O) groups is 2. The predicted molar refractivity (Wildman–Crippen MR) is 238 cm³/mol. The van der Waals surface area contributed by atoms with E-state index in [0.717, 1.165) is 54.9 Å². The number of hydrogen-bond donors (Lipinski definition) is 2. The van der Waals surface area contributed by atoms with Gasteiger partial charge in [0.2, 0.25) is 6.79 Å². The zero-order valence-corrected chi connectivity index (χ0v) is 32.8. The first kappa shape index (κ1) is 38.7. The van der Waals surface area contributed by atoms with Crippen LogP contribution in [0.1, 0.15) is 54.1 Å². The Morgan fingerprint density at radius 1 is 0.475 bits per heavy atom. The second-order valence-corrected chi connectivity index (χ2v) is 14.4. The number of hydrogen-bond acceptors (Lipinski definition) is 8. The average molecular weight is 803 g/mol. The summed E-state index contributed by atoms with van der Waals surface area (Å²) in [7, 11) is 0. The van der Waals surface area contributed by atoms with Gasteiger partial charge in [-0.3, -0.25) is 0 Å². The fourth-order valence-electron chi connectivity index (χ4n) is 7.64. The number of benzene rings is 8. The maximum atomic E-state index is 13.0. The van der Waals surface area contributed by atoms with Gasteiger partial charge in [0.15, 0.2) is 0 Å². The van der Waals surface area contributed by atoms with E-state index >= 15 is 0 Å².